The quantitative estimate of drug-likeness (QED) is 0.894. The lowest BCUT2D eigenvalue weighted by Gasteiger charge is -2.15. The third-order valence-corrected chi connectivity index (χ3v) is 2.61. The number of hydrogen-bond donors (Lipinski definition) is 1. The Kier molecular flexibility index (Phi) is 3.32. The van der Waals surface area contributed by atoms with Crippen LogP contribution in [0.2, 0.25) is 0 Å². The van der Waals surface area contributed by atoms with Crippen molar-refractivity contribution >= 4 is 17.4 Å². The van der Waals surface area contributed by atoms with Crippen molar-refractivity contribution in [2.75, 3.05) is 17.7 Å². The van der Waals surface area contributed by atoms with Crippen molar-refractivity contribution in [3.8, 4) is 0 Å². The normalized spacial score (nSPS) is 10.3. The Balaban J connectivity index is 2.07. The zero-order valence-electron chi connectivity index (χ0n) is 10.4. The molecule has 0 saturated heterocycles. The lowest BCUT2D eigenvalue weighted by molar-refractivity contribution is -0.117. The molecule has 2 N–H and O–H groups in total. The zero-order chi connectivity index (χ0) is 13.1. The van der Waals surface area contributed by atoms with Crippen molar-refractivity contribution in [2.45, 2.75) is 13.3 Å². The predicted molar refractivity (Wildman–Crippen MR) is 69.2 cm³/mol. The predicted octanol–water partition coefficient (Wildman–Crippen LogP) is 1.77. The van der Waals surface area contributed by atoms with Gasteiger partial charge < -0.3 is 10.2 Å². The molecule has 0 saturated carbocycles. The van der Waals surface area contributed by atoms with Gasteiger partial charge in [-0.1, -0.05) is 0 Å². The van der Waals surface area contributed by atoms with Crippen molar-refractivity contribution in [1.82, 2.24) is 4.98 Å². The first-order chi connectivity index (χ1) is 8.56. The van der Waals surface area contributed by atoms with Crippen LogP contribution in [0.25, 0.3) is 0 Å². The summed E-state index contributed by atoms with van der Waals surface area (Å²) in [5.41, 5.74) is 6.12. The lowest BCUT2D eigenvalue weighted by Crippen LogP contribution is -2.28. The molecule has 0 spiro atoms. The van der Waals surface area contributed by atoms with Crippen LogP contribution in [0.5, 0.6) is 0 Å². The molecule has 1 amide bonds. The van der Waals surface area contributed by atoms with Gasteiger partial charge >= 0.3 is 0 Å². The van der Waals surface area contributed by atoms with Gasteiger partial charge in [0.2, 0.25) is 5.91 Å². The number of pyridine rings is 1. The molecule has 0 aliphatic heterocycles. The average molecular weight is 245 g/mol. The topological polar surface area (TPSA) is 72.4 Å². The molecular formula is C13H15N3O2. The van der Waals surface area contributed by atoms with E-state index in [0.29, 0.717) is 17.3 Å². The molecule has 0 aliphatic rings. The maximum absolute atomic E-state index is 12.0. The standard InChI is InChI=1S/C13H15N3O2/c1-9-3-5-11(18-9)7-13(17)16(2)12-6-4-10(14)8-15-12/h3-6,8H,7,14H2,1-2H3. The van der Waals surface area contributed by atoms with Gasteiger partial charge in [0.1, 0.15) is 17.3 Å². The van der Waals surface area contributed by atoms with Crippen molar-refractivity contribution in [1.29, 1.82) is 0 Å². The first-order valence-electron chi connectivity index (χ1n) is 5.59. The second-order valence-corrected chi connectivity index (χ2v) is 4.09. The summed E-state index contributed by atoms with van der Waals surface area (Å²) in [6, 6.07) is 7.06. The molecule has 0 bridgehead atoms. The summed E-state index contributed by atoms with van der Waals surface area (Å²) in [5.74, 6) is 1.94. The number of carbonyl (C=O) groups excluding carboxylic acids is 1. The van der Waals surface area contributed by atoms with Gasteiger partial charge in [0, 0.05) is 7.05 Å². The van der Waals surface area contributed by atoms with Crippen molar-refractivity contribution < 1.29 is 9.21 Å². The lowest BCUT2D eigenvalue weighted by atomic mass is 10.3. The van der Waals surface area contributed by atoms with E-state index in [2.05, 4.69) is 4.98 Å². The number of nitrogens with two attached hydrogens (primary N) is 1. The fraction of sp³-hybridized carbons (Fsp3) is 0.231. The average Bonchev–Trinajstić information content (AvgIpc) is 2.75. The highest BCUT2D eigenvalue weighted by Gasteiger charge is 2.14. The second-order valence-electron chi connectivity index (χ2n) is 4.09. The minimum absolute atomic E-state index is 0.0818. The van der Waals surface area contributed by atoms with E-state index < -0.39 is 0 Å². The third-order valence-electron chi connectivity index (χ3n) is 2.61. The maximum Gasteiger partial charge on any atom is 0.235 e. The van der Waals surface area contributed by atoms with Crippen LogP contribution in [-0.4, -0.2) is 17.9 Å². The van der Waals surface area contributed by atoms with Crippen molar-refractivity contribution in [2.24, 2.45) is 0 Å². The largest absolute Gasteiger partial charge is 0.466 e. The Morgan fingerprint density at radius 1 is 1.39 bits per heavy atom. The molecule has 5 nitrogen and oxygen atoms in total. The molecule has 0 aromatic carbocycles. The van der Waals surface area contributed by atoms with Gasteiger partial charge in [0.15, 0.2) is 0 Å². The van der Waals surface area contributed by atoms with Gasteiger partial charge in [-0.3, -0.25) is 9.69 Å². The fourth-order valence-corrected chi connectivity index (χ4v) is 1.57. The molecule has 5 heteroatoms. The Morgan fingerprint density at radius 3 is 2.72 bits per heavy atom. The van der Waals surface area contributed by atoms with Crippen LogP contribution in [0.4, 0.5) is 11.5 Å². The number of hydrogen-bond acceptors (Lipinski definition) is 4. The Hall–Kier alpha value is -2.30. The van der Waals surface area contributed by atoms with Gasteiger partial charge in [0.25, 0.3) is 0 Å². The Morgan fingerprint density at radius 2 is 2.17 bits per heavy atom. The molecule has 94 valence electrons. The number of furan rings is 1. The summed E-state index contributed by atoms with van der Waals surface area (Å²) in [4.78, 5) is 17.6. The number of rotatable bonds is 3. The summed E-state index contributed by atoms with van der Waals surface area (Å²) in [6.07, 6.45) is 1.74. The summed E-state index contributed by atoms with van der Waals surface area (Å²) in [6.45, 7) is 1.85. The smallest absolute Gasteiger partial charge is 0.235 e. The van der Waals surface area contributed by atoms with E-state index in [1.807, 2.05) is 13.0 Å². The minimum atomic E-state index is -0.0818. The number of nitrogens with zero attached hydrogens (tertiary/aromatic N) is 2. The minimum Gasteiger partial charge on any atom is -0.466 e. The molecular weight excluding hydrogens is 230 g/mol. The number of anilines is 2. The van der Waals surface area contributed by atoms with Crippen molar-refractivity contribution in [3.05, 3.63) is 42.0 Å². The monoisotopic (exact) mass is 245 g/mol. The fourth-order valence-electron chi connectivity index (χ4n) is 1.57. The van der Waals surface area contributed by atoms with Crippen LogP contribution in [-0.2, 0) is 11.2 Å². The Labute approximate surface area is 105 Å². The van der Waals surface area contributed by atoms with Crippen molar-refractivity contribution in [3.63, 3.8) is 0 Å². The number of amides is 1. The van der Waals surface area contributed by atoms with E-state index in [-0.39, 0.29) is 12.3 Å². The summed E-state index contributed by atoms with van der Waals surface area (Å²) in [7, 11) is 1.68. The highest BCUT2D eigenvalue weighted by Crippen LogP contribution is 2.13. The summed E-state index contributed by atoms with van der Waals surface area (Å²) in [5, 5.41) is 0. The summed E-state index contributed by atoms with van der Waals surface area (Å²) < 4.78 is 5.37. The molecule has 0 unspecified atom stereocenters. The molecule has 2 rings (SSSR count). The van der Waals surface area contributed by atoms with Gasteiger partial charge in [-0.15, -0.1) is 0 Å². The number of nitrogen functional groups attached to an aromatic ring is 1. The van der Waals surface area contributed by atoms with Crippen LogP contribution in [0, 0.1) is 6.92 Å². The summed E-state index contributed by atoms with van der Waals surface area (Å²) >= 11 is 0. The first-order valence-corrected chi connectivity index (χ1v) is 5.59. The van der Waals surface area contributed by atoms with Crippen LogP contribution in [0.3, 0.4) is 0 Å². The van der Waals surface area contributed by atoms with E-state index >= 15 is 0 Å². The molecule has 0 fully saturated rings. The molecule has 2 heterocycles. The van der Waals surface area contributed by atoms with E-state index in [4.69, 9.17) is 10.2 Å². The molecule has 0 aliphatic carbocycles. The van der Waals surface area contributed by atoms with Crippen LogP contribution >= 0.6 is 0 Å². The van der Waals surface area contributed by atoms with Gasteiger partial charge in [-0.2, -0.15) is 0 Å². The van der Waals surface area contributed by atoms with Crippen LogP contribution in [0.1, 0.15) is 11.5 Å². The van der Waals surface area contributed by atoms with Crippen LogP contribution in [0.15, 0.2) is 34.9 Å². The number of likely N-dealkylation sites (N-methyl/N-ethyl adjacent to an activating group) is 1. The maximum atomic E-state index is 12.0. The molecule has 0 radical (unpaired) electrons. The number of aryl methyl sites for hydroxylation is 1. The van der Waals surface area contributed by atoms with E-state index in [0.717, 1.165) is 5.76 Å². The van der Waals surface area contributed by atoms with Gasteiger partial charge in [-0.25, -0.2) is 4.98 Å². The van der Waals surface area contributed by atoms with Gasteiger partial charge in [0.05, 0.1) is 18.3 Å². The number of aromatic nitrogens is 1. The molecule has 18 heavy (non-hydrogen) atoms. The zero-order valence-corrected chi connectivity index (χ0v) is 10.4. The van der Waals surface area contributed by atoms with E-state index in [1.165, 1.54) is 11.1 Å². The van der Waals surface area contributed by atoms with Crippen LogP contribution < -0.4 is 10.6 Å². The molecule has 2 aromatic heterocycles. The first kappa shape index (κ1) is 12.2. The highest BCUT2D eigenvalue weighted by atomic mass is 16.3. The van der Waals surface area contributed by atoms with E-state index in [1.54, 1.807) is 25.2 Å². The molecule has 2 aromatic rings. The number of carbonyl (C=O) groups is 1. The second kappa shape index (κ2) is 4.91. The third kappa shape index (κ3) is 2.68. The van der Waals surface area contributed by atoms with E-state index in [9.17, 15) is 4.79 Å². The van der Waals surface area contributed by atoms with Gasteiger partial charge in [-0.05, 0) is 31.2 Å². The highest BCUT2D eigenvalue weighted by molar-refractivity contribution is 5.93. The SMILES string of the molecule is Cc1ccc(CC(=O)N(C)c2ccc(N)cn2)o1. The Bertz CT molecular complexity index is 546. The molecule has 0 atom stereocenters.